The number of carbonyl (C=O) groups is 3. The van der Waals surface area contributed by atoms with Crippen LogP contribution in [-0.4, -0.2) is 37.9 Å². The number of para-hydroxylation sites is 2. The van der Waals surface area contributed by atoms with Crippen LogP contribution in [0.15, 0.2) is 42.5 Å². The second-order valence-electron chi connectivity index (χ2n) is 7.38. The molecule has 156 valence electrons. The van der Waals surface area contributed by atoms with Gasteiger partial charge >= 0.3 is 0 Å². The fourth-order valence-corrected chi connectivity index (χ4v) is 4.20. The van der Waals surface area contributed by atoms with E-state index in [1.54, 1.807) is 47.2 Å². The zero-order chi connectivity index (χ0) is 21.3. The smallest absolute Gasteiger partial charge is 0.229 e. The maximum Gasteiger partial charge on any atom is 0.229 e. The summed E-state index contributed by atoms with van der Waals surface area (Å²) in [4.78, 5) is 40.5. The maximum atomic E-state index is 12.8. The number of methoxy groups -OCH3 is 1. The number of amides is 3. The highest BCUT2D eigenvalue weighted by Gasteiger charge is 2.36. The third kappa shape index (κ3) is 3.85. The van der Waals surface area contributed by atoms with E-state index in [1.165, 1.54) is 0 Å². The molecule has 2 fully saturated rings. The third-order valence-electron chi connectivity index (χ3n) is 5.45. The SMILES string of the molecule is COc1ccccc1N1C[C@H](C(=O)Nc2ccc(N3CCCC3=O)c(Cl)c2)CC1=O. The van der Waals surface area contributed by atoms with E-state index in [9.17, 15) is 14.4 Å². The number of hydrogen-bond donors (Lipinski definition) is 1. The standard InChI is InChI=1S/C22H22ClN3O4/c1-30-19-6-3-2-5-18(19)26-13-14(11-21(26)28)22(29)24-15-8-9-17(16(23)12-15)25-10-4-7-20(25)27/h2-3,5-6,8-9,12,14H,4,7,10-11,13H2,1H3,(H,24,29)/t14-/m1/s1. The number of halogens is 1. The van der Waals surface area contributed by atoms with E-state index in [-0.39, 0.29) is 30.7 Å². The lowest BCUT2D eigenvalue weighted by Gasteiger charge is -2.20. The van der Waals surface area contributed by atoms with Gasteiger partial charge in [-0.3, -0.25) is 14.4 Å². The molecule has 2 aromatic carbocycles. The molecule has 2 aromatic rings. The lowest BCUT2D eigenvalue weighted by atomic mass is 10.1. The lowest BCUT2D eigenvalue weighted by Crippen LogP contribution is -2.28. The molecule has 2 saturated heterocycles. The zero-order valence-electron chi connectivity index (χ0n) is 16.6. The Labute approximate surface area is 179 Å². The average Bonchev–Trinajstić information content (AvgIpc) is 3.33. The van der Waals surface area contributed by atoms with Gasteiger partial charge in [0.2, 0.25) is 17.7 Å². The Bertz CT molecular complexity index is 1010. The molecule has 8 heteroatoms. The van der Waals surface area contributed by atoms with E-state index < -0.39 is 5.92 Å². The Morgan fingerprint density at radius 1 is 1.10 bits per heavy atom. The molecule has 0 radical (unpaired) electrons. The molecule has 2 heterocycles. The van der Waals surface area contributed by atoms with Crippen molar-refractivity contribution in [3.8, 4) is 5.75 Å². The number of benzene rings is 2. The average molecular weight is 428 g/mol. The molecule has 0 saturated carbocycles. The molecule has 2 aliphatic heterocycles. The van der Waals surface area contributed by atoms with Gasteiger partial charge in [0.1, 0.15) is 5.75 Å². The second-order valence-corrected chi connectivity index (χ2v) is 7.79. The van der Waals surface area contributed by atoms with Crippen LogP contribution in [0.4, 0.5) is 17.1 Å². The molecule has 0 spiro atoms. The van der Waals surface area contributed by atoms with Gasteiger partial charge in [0.15, 0.2) is 0 Å². The highest BCUT2D eigenvalue weighted by molar-refractivity contribution is 6.34. The van der Waals surface area contributed by atoms with Gasteiger partial charge in [0, 0.05) is 31.6 Å². The molecule has 1 atom stereocenters. The Morgan fingerprint density at radius 2 is 1.90 bits per heavy atom. The first kappa shape index (κ1) is 20.2. The van der Waals surface area contributed by atoms with Crippen LogP contribution in [-0.2, 0) is 14.4 Å². The van der Waals surface area contributed by atoms with Crippen LogP contribution in [0.2, 0.25) is 5.02 Å². The van der Waals surface area contributed by atoms with Crippen molar-refractivity contribution in [3.05, 3.63) is 47.5 Å². The molecule has 0 bridgehead atoms. The van der Waals surface area contributed by atoms with Gasteiger partial charge in [-0.05, 0) is 36.8 Å². The van der Waals surface area contributed by atoms with E-state index in [0.29, 0.717) is 40.8 Å². The summed E-state index contributed by atoms with van der Waals surface area (Å²) in [6, 6.07) is 12.3. The first-order valence-corrected chi connectivity index (χ1v) is 10.2. The maximum absolute atomic E-state index is 12.8. The minimum Gasteiger partial charge on any atom is -0.495 e. The molecular formula is C22H22ClN3O4. The normalized spacial score (nSPS) is 18.8. The molecule has 30 heavy (non-hydrogen) atoms. The number of anilines is 3. The van der Waals surface area contributed by atoms with E-state index in [2.05, 4.69) is 5.32 Å². The predicted octanol–water partition coefficient (Wildman–Crippen LogP) is 3.47. The Hall–Kier alpha value is -3.06. The minimum atomic E-state index is -0.485. The number of ether oxygens (including phenoxy) is 1. The van der Waals surface area contributed by atoms with Crippen molar-refractivity contribution in [2.45, 2.75) is 19.3 Å². The van der Waals surface area contributed by atoms with E-state index >= 15 is 0 Å². The first-order valence-electron chi connectivity index (χ1n) is 9.82. The quantitative estimate of drug-likeness (QED) is 0.792. The van der Waals surface area contributed by atoms with Crippen molar-refractivity contribution in [3.63, 3.8) is 0 Å². The zero-order valence-corrected chi connectivity index (χ0v) is 17.3. The first-order chi connectivity index (χ1) is 14.5. The minimum absolute atomic E-state index is 0.0505. The van der Waals surface area contributed by atoms with Crippen molar-refractivity contribution >= 4 is 46.4 Å². The highest BCUT2D eigenvalue weighted by atomic mass is 35.5. The van der Waals surface area contributed by atoms with Crippen LogP contribution in [0.5, 0.6) is 5.75 Å². The monoisotopic (exact) mass is 427 g/mol. The van der Waals surface area contributed by atoms with Crippen LogP contribution in [0.3, 0.4) is 0 Å². The topological polar surface area (TPSA) is 79.0 Å². The number of hydrogen-bond acceptors (Lipinski definition) is 4. The molecule has 4 rings (SSSR count). The molecule has 3 amide bonds. The summed E-state index contributed by atoms with van der Waals surface area (Å²) in [5.74, 6) is -0.219. The van der Waals surface area contributed by atoms with Gasteiger partial charge in [-0.25, -0.2) is 0 Å². The largest absolute Gasteiger partial charge is 0.495 e. The van der Waals surface area contributed by atoms with Crippen LogP contribution < -0.4 is 19.9 Å². The Kier molecular flexibility index (Phi) is 5.63. The van der Waals surface area contributed by atoms with Crippen molar-refractivity contribution in [1.82, 2.24) is 0 Å². The molecular weight excluding hydrogens is 406 g/mol. The third-order valence-corrected chi connectivity index (χ3v) is 5.75. The van der Waals surface area contributed by atoms with E-state index in [4.69, 9.17) is 16.3 Å². The molecule has 0 unspecified atom stereocenters. The second kappa shape index (κ2) is 8.36. The number of nitrogens with zero attached hydrogens (tertiary/aromatic N) is 2. The van der Waals surface area contributed by atoms with Crippen molar-refractivity contribution in [1.29, 1.82) is 0 Å². The summed E-state index contributed by atoms with van der Waals surface area (Å²) in [6.07, 6.45) is 1.46. The van der Waals surface area contributed by atoms with Crippen molar-refractivity contribution < 1.29 is 19.1 Å². The number of nitrogens with one attached hydrogen (secondary N) is 1. The molecule has 2 aliphatic rings. The van der Waals surface area contributed by atoms with E-state index in [0.717, 1.165) is 6.42 Å². The van der Waals surface area contributed by atoms with Gasteiger partial charge < -0.3 is 19.9 Å². The molecule has 7 nitrogen and oxygen atoms in total. The summed E-state index contributed by atoms with van der Waals surface area (Å²) in [7, 11) is 1.55. The number of rotatable bonds is 5. The molecule has 0 aromatic heterocycles. The van der Waals surface area contributed by atoms with Gasteiger partial charge in [-0.2, -0.15) is 0 Å². The van der Waals surface area contributed by atoms with Crippen LogP contribution in [0.1, 0.15) is 19.3 Å². The van der Waals surface area contributed by atoms with Crippen LogP contribution in [0.25, 0.3) is 0 Å². The van der Waals surface area contributed by atoms with Gasteiger partial charge in [0.05, 0.1) is 29.4 Å². The van der Waals surface area contributed by atoms with Crippen LogP contribution in [0, 0.1) is 5.92 Å². The predicted molar refractivity (Wildman–Crippen MR) is 115 cm³/mol. The van der Waals surface area contributed by atoms with Gasteiger partial charge in [-0.15, -0.1) is 0 Å². The van der Waals surface area contributed by atoms with Gasteiger partial charge in [-0.1, -0.05) is 23.7 Å². The Morgan fingerprint density at radius 3 is 2.60 bits per heavy atom. The van der Waals surface area contributed by atoms with Crippen molar-refractivity contribution in [2.75, 3.05) is 35.3 Å². The summed E-state index contributed by atoms with van der Waals surface area (Å²) < 4.78 is 5.33. The highest BCUT2D eigenvalue weighted by Crippen LogP contribution is 2.34. The number of carbonyl (C=O) groups excluding carboxylic acids is 3. The molecule has 1 N–H and O–H groups in total. The van der Waals surface area contributed by atoms with E-state index in [1.807, 2.05) is 12.1 Å². The molecule has 0 aliphatic carbocycles. The fraction of sp³-hybridized carbons (Fsp3) is 0.318. The van der Waals surface area contributed by atoms with Crippen LogP contribution >= 0.6 is 11.6 Å². The lowest BCUT2D eigenvalue weighted by molar-refractivity contribution is -0.122. The van der Waals surface area contributed by atoms with Gasteiger partial charge in [0.25, 0.3) is 0 Å². The summed E-state index contributed by atoms with van der Waals surface area (Å²) >= 11 is 6.36. The summed E-state index contributed by atoms with van der Waals surface area (Å²) in [5.41, 5.74) is 1.84. The van der Waals surface area contributed by atoms with Crippen molar-refractivity contribution in [2.24, 2.45) is 5.92 Å². The fourth-order valence-electron chi connectivity index (χ4n) is 3.92. The Balaban J connectivity index is 1.45. The summed E-state index contributed by atoms with van der Waals surface area (Å²) in [6.45, 7) is 0.923. The summed E-state index contributed by atoms with van der Waals surface area (Å²) in [5, 5.41) is 3.24.